The molecule has 0 N–H and O–H groups in total. The molecular formula is C5H9ClOS. The van der Waals surface area contributed by atoms with Gasteiger partial charge in [-0.05, 0) is 29.4 Å². The van der Waals surface area contributed by atoms with Crippen molar-refractivity contribution >= 4 is 20.7 Å². The van der Waals surface area contributed by atoms with Crippen molar-refractivity contribution in [1.29, 1.82) is 0 Å². The Morgan fingerprint density at radius 3 is 2.38 bits per heavy atom. The van der Waals surface area contributed by atoms with Crippen LogP contribution in [0.3, 0.4) is 0 Å². The van der Waals surface area contributed by atoms with Crippen molar-refractivity contribution in [1.82, 2.24) is 0 Å². The van der Waals surface area contributed by atoms with E-state index in [-0.39, 0.29) is 0 Å². The molecule has 1 unspecified atom stereocenters. The number of rotatable bonds is 2. The molecule has 0 spiro atoms. The van der Waals surface area contributed by atoms with Gasteiger partial charge in [-0.1, -0.05) is 6.42 Å². The quantitative estimate of drug-likeness (QED) is 0.551. The minimum atomic E-state index is -1.07. The van der Waals surface area contributed by atoms with Crippen molar-refractivity contribution in [2.24, 2.45) is 5.92 Å². The summed E-state index contributed by atoms with van der Waals surface area (Å²) in [6.45, 7) is 0. The molecule has 0 heterocycles. The average Bonchev–Trinajstić information content (AvgIpc) is 1.55. The van der Waals surface area contributed by atoms with E-state index in [9.17, 15) is 4.21 Å². The smallest absolute Gasteiger partial charge is 0.115 e. The zero-order valence-corrected chi connectivity index (χ0v) is 6.17. The maximum atomic E-state index is 10.3. The maximum absolute atomic E-state index is 10.3. The minimum absolute atomic E-state index is 0.674. The van der Waals surface area contributed by atoms with Crippen LogP contribution in [0.2, 0.25) is 0 Å². The van der Waals surface area contributed by atoms with Crippen LogP contribution >= 0.6 is 10.7 Å². The fraction of sp³-hybridized carbons (Fsp3) is 1.00. The van der Waals surface area contributed by atoms with Crippen molar-refractivity contribution in [3.05, 3.63) is 0 Å². The first-order valence-corrected chi connectivity index (χ1v) is 4.98. The van der Waals surface area contributed by atoms with Crippen LogP contribution in [0.25, 0.3) is 0 Å². The molecule has 0 aliphatic heterocycles. The Balaban J connectivity index is 2.09. The van der Waals surface area contributed by atoms with E-state index >= 15 is 0 Å². The van der Waals surface area contributed by atoms with Crippen molar-refractivity contribution in [3.8, 4) is 0 Å². The monoisotopic (exact) mass is 152 g/mol. The molecule has 0 aromatic heterocycles. The first-order chi connectivity index (χ1) is 3.79. The van der Waals surface area contributed by atoms with Gasteiger partial charge in [-0.2, -0.15) is 0 Å². The zero-order chi connectivity index (χ0) is 5.98. The van der Waals surface area contributed by atoms with Gasteiger partial charge in [-0.15, -0.1) is 0 Å². The van der Waals surface area contributed by atoms with Crippen molar-refractivity contribution in [3.63, 3.8) is 0 Å². The average molecular weight is 153 g/mol. The first kappa shape index (κ1) is 6.56. The summed E-state index contributed by atoms with van der Waals surface area (Å²) in [7, 11) is 4.19. The summed E-state index contributed by atoms with van der Waals surface area (Å²) in [5.41, 5.74) is 0. The predicted octanol–water partition coefficient (Wildman–Crippen LogP) is 1.69. The lowest BCUT2D eigenvalue weighted by molar-refractivity contribution is 0.351. The molecule has 0 aromatic rings. The molecule has 1 fully saturated rings. The third-order valence-electron chi connectivity index (χ3n) is 1.59. The number of hydrogen-bond donors (Lipinski definition) is 0. The standard InChI is InChI=1S/C5H9ClOS/c6-8(7)4-5-2-1-3-5/h5H,1-4H2. The highest BCUT2D eigenvalue weighted by atomic mass is 35.7. The second-order valence-electron chi connectivity index (χ2n) is 2.25. The van der Waals surface area contributed by atoms with Crippen LogP contribution in [0.5, 0.6) is 0 Å². The Kier molecular flexibility index (Phi) is 2.32. The van der Waals surface area contributed by atoms with E-state index < -0.39 is 10.0 Å². The summed E-state index contributed by atoms with van der Waals surface area (Å²) >= 11 is 0. The highest BCUT2D eigenvalue weighted by Crippen LogP contribution is 2.27. The molecular weight excluding hydrogens is 144 g/mol. The lowest BCUT2D eigenvalue weighted by Crippen LogP contribution is -2.16. The van der Waals surface area contributed by atoms with Crippen LogP contribution in [0.15, 0.2) is 0 Å². The van der Waals surface area contributed by atoms with Gasteiger partial charge in [0.1, 0.15) is 10.0 Å². The van der Waals surface area contributed by atoms with Crippen molar-refractivity contribution < 1.29 is 4.21 Å². The van der Waals surface area contributed by atoms with E-state index in [1.165, 1.54) is 19.3 Å². The minimum Gasteiger partial charge on any atom is -0.243 e. The Hall–Kier alpha value is 0.440. The molecule has 1 aliphatic carbocycles. The van der Waals surface area contributed by atoms with Crippen LogP contribution in [0, 0.1) is 5.92 Å². The van der Waals surface area contributed by atoms with E-state index in [0.717, 1.165) is 0 Å². The van der Waals surface area contributed by atoms with Gasteiger partial charge in [0.25, 0.3) is 0 Å². The molecule has 0 saturated heterocycles. The second kappa shape index (κ2) is 2.83. The van der Waals surface area contributed by atoms with E-state index in [1.807, 2.05) is 0 Å². The van der Waals surface area contributed by atoms with Crippen molar-refractivity contribution in [2.75, 3.05) is 5.75 Å². The molecule has 1 nitrogen and oxygen atoms in total. The van der Waals surface area contributed by atoms with Gasteiger partial charge in [0, 0.05) is 5.75 Å². The maximum Gasteiger partial charge on any atom is 0.115 e. The molecule has 3 heteroatoms. The highest BCUT2D eigenvalue weighted by molar-refractivity contribution is 8.08. The lowest BCUT2D eigenvalue weighted by atomic mass is 9.87. The largest absolute Gasteiger partial charge is 0.243 e. The zero-order valence-electron chi connectivity index (χ0n) is 4.60. The van der Waals surface area contributed by atoms with Crippen LogP contribution in [0.4, 0.5) is 0 Å². The van der Waals surface area contributed by atoms with E-state index in [2.05, 4.69) is 0 Å². The Labute approximate surface area is 56.4 Å². The summed E-state index contributed by atoms with van der Waals surface area (Å²) in [5.74, 6) is 1.38. The van der Waals surface area contributed by atoms with Gasteiger partial charge in [-0.25, -0.2) is 4.21 Å². The van der Waals surface area contributed by atoms with Gasteiger partial charge in [0.05, 0.1) is 0 Å². The topological polar surface area (TPSA) is 17.1 Å². The number of halogens is 1. The summed E-state index contributed by atoms with van der Waals surface area (Å²) < 4.78 is 10.3. The highest BCUT2D eigenvalue weighted by Gasteiger charge is 2.18. The molecule has 0 bridgehead atoms. The van der Waals surface area contributed by atoms with E-state index in [1.54, 1.807) is 0 Å². The predicted molar refractivity (Wildman–Crippen MR) is 36.2 cm³/mol. The number of hydrogen-bond acceptors (Lipinski definition) is 1. The Morgan fingerprint density at radius 2 is 2.25 bits per heavy atom. The normalized spacial score (nSPS) is 24.6. The molecule has 0 amide bonds. The lowest BCUT2D eigenvalue weighted by Gasteiger charge is -2.22. The van der Waals surface area contributed by atoms with Crippen LogP contribution in [-0.2, 0) is 10.0 Å². The van der Waals surface area contributed by atoms with Gasteiger partial charge in [0.2, 0.25) is 0 Å². The Bertz CT molecular complexity index is 101. The SMILES string of the molecule is O=S(Cl)CC1CCC1. The summed E-state index contributed by atoms with van der Waals surface area (Å²) in [6.07, 6.45) is 3.77. The Morgan fingerprint density at radius 1 is 1.62 bits per heavy atom. The summed E-state index contributed by atoms with van der Waals surface area (Å²) in [4.78, 5) is 0. The summed E-state index contributed by atoms with van der Waals surface area (Å²) in [5, 5.41) is 0. The molecule has 48 valence electrons. The third kappa shape index (κ3) is 1.75. The molecule has 1 saturated carbocycles. The van der Waals surface area contributed by atoms with Gasteiger partial charge in [-0.3, -0.25) is 0 Å². The molecule has 8 heavy (non-hydrogen) atoms. The van der Waals surface area contributed by atoms with Crippen LogP contribution in [0.1, 0.15) is 19.3 Å². The van der Waals surface area contributed by atoms with Crippen molar-refractivity contribution in [2.45, 2.75) is 19.3 Å². The summed E-state index contributed by atoms with van der Waals surface area (Å²) in [6, 6.07) is 0. The van der Waals surface area contributed by atoms with E-state index in [0.29, 0.717) is 11.7 Å². The molecule has 1 rings (SSSR count). The van der Waals surface area contributed by atoms with Gasteiger partial charge in [0.15, 0.2) is 0 Å². The second-order valence-corrected chi connectivity index (χ2v) is 4.20. The van der Waals surface area contributed by atoms with Gasteiger partial charge >= 0.3 is 0 Å². The molecule has 0 radical (unpaired) electrons. The first-order valence-electron chi connectivity index (χ1n) is 2.83. The van der Waals surface area contributed by atoms with Crippen LogP contribution < -0.4 is 0 Å². The van der Waals surface area contributed by atoms with Crippen LogP contribution in [-0.4, -0.2) is 9.96 Å². The molecule has 0 aromatic carbocycles. The third-order valence-corrected chi connectivity index (χ3v) is 2.70. The fourth-order valence-corrected chi connectivity index (χ4v) is 2.08. The van der Waals surface area contributed by atoms with Gasteiger partial charge < -0.3 is 0 Å². The van der Waals surface area contributed by atoms with E-state index in [4.69, 9.17) is 10.7 Å². The molecule has 1 aliphatic rings. The molecule has 1 atom stereocenters. The fourth-order valence-electron chi connectivity index (χ4n) is 0.845.